The average Bonchev–Trinajstić information content (AvgIpc) is 2.12. The van der Waals surface area contributed by atoms with E-state index in [4.69, 9.17) is 4.74 Å². The lowest BCUT2D eigenvalue weighted by Crippen LogP contribution is -2.07. The van der Waals surface area contributed by atoms with Crippen LogP contribution in [0.3, 0.4) is 0 Å². The molecule has 0 aliphatic heterocycles. The summed E-state index contributed by atoms with van der Waals surface area (Å²) >= 11 is 0. The number of hydrogen-bond acceptors (Lipinski definition) is 1. The molecule has 0 fully saturated rings. The molecule has 0 aromatic heterocycles. The van der Waals surface area contributed by atoms with Crippen molar-refractivity contribution in [2.45, 2.75) is 59.8 Å². The van der Waals surface area contributed by atoms with Crippen molar-refractivity contribution in [1.29, 1.82) is 0 Å². The summed E-state index contributed by atoms with van der Waals surface area (Å²) in [6.07, 6.45) is 6.49. The molecule has 1 heteroatoms. The molecule has 0 amide bonds. The normalized spacial score (nSPS) is 13.5. The van der Waals surface area contributed by atoms with Crippen LogP contribution in [0.1, 0.15) is 59.8 Å². The molecule has 0 radical (unpaired) electrons. The van der Waals surface area contributed by atoms with Crippen molar-refractivity contribution in [1.82, 2.24) is 0 Å². The molecule has 0 N–H and O–H groups in total. The minimum Gasteiger partial charge on any atom is -0.381 e. The van der Waals surface area contributed by atoms with Gasteiger partial charge in [0.1, 0.15) is 0 Å². The Balaban J connectivity index is 3.15. The fraction of sp³-hybridized carbons (Fsp3) is 1.00. The maximum Gasteiger partial charge on any atom is 0.0491 e. The van der Waals surface area contributed by atoms with Crippen molar-refractivity contribution in [2.24, 2.45) is 11.8 Å². The Morgan fingerprint density at radius 3 is 2.29 bits per heavy atom. The Kier molecular flexibility index (Phi) is 9.49. The fourth-order valence-corrected chi connectivity index (χ4v) is 1.49. The van der Waals surface area contributed by atoms with Crippen LogP contribution in [0.4, 0.5) is 0 Å². The molecule has 1 unspecified atom stereocenters. The standard InChI is InChI=1S/C13H28O/c1-5-6-10-14-11-13(4)9-7-8-12(2)3/h12-13H,5-11H2,1-4H3. The third-order valence-corrected chi connectivity index (χ3v) is 2.52. The summed E-state index contributed by atoms with van der Waals surface area (Å²) in [6.45, 7) is 11.0. The molecule has 0 aromatic carbocycles. The molecule has 0 aliphatic rings. The highest BCUT2D eigenvalue weighted by molar-refractivity contribution is 4.54. The van der Waals surface area contributed by atoms with E-state index in [0.29, 0.717) is 0 Å². The van der Waals surface area contributed by atoms with Crippen LogP contribution in [0.2, 0.25) is 0 Å². The smallest absolute Gasteiger partial charge is 0.0491 e. The minimum atomic E-state index is 0.741. The summed E-state index contributed by atoms with van der Waals surface area (Å²) in [7, 11) is 0. The monoisotopic (exact) mass is 200 g/mol. The predicted molar refractivity (Wildman–Crippen MR) is 63.6 cm³/mol. The van der Waals surface area contributed by atoms with Crippen LogP contribution in [-0.4, -0.2) is 13.2 Å². The van der Waals surface area contributed by atoms with Gasteiger partial charge in [-0.1, -0.05) is 47.0 Å². The molecule has 0 rings (SSSR count). The van der Waals surface area contributed by atoms with Gasteiger partial charge < -0.3 is 4.74 Å². The second-order valence-corrected chi connectivity index (χ2v) is 4.86. The van der Waals surface area contributed by atoms with Crippen LogP contribution in [-0.2, 0) is 4.74 Å². The fourth-order valence-electron chi connectivity index (χ4n) is 1.49. The van der Waals surface area contributed by atoms with Crippen LogP contribution in [0, 0.1) is 11.8 Å². The predicted octanol–water partition coefficient (Wildman–Crippen LogP) is 4.27. The second-order valence-electron chi connectivity index (χ2n) is 4.86. The molecule has 1 nitrogen and oxygen atoms in total. The van der Waals surface area contributed by atoms with Crippen LogP contribution in [0.25, 0.3) is 0 Å². The highest BCUT2D eigenvalue weighted by Crippen LogP contribution is 2.12. The van der Waals surface area contributed by atoms with Crippen LogP contribution >= 0.6 is 0 Å². The van der Waals surface area contributed by atoms with Crippen molar-refractivity contribution < 1.29 is 4.74 Å². The number of ether oxygens (including phenoxy) is 1. The highest BCUT2D eigenvalue weighted by atomic mass is 16.5. The van der Waals surface area contributed by atoms with E-state index in [2.05, 4.69) is 27.7 Å². The Hall–Kier alpha value is -0.0400. The highest BCUT2D eigenvalue weighted by Gasteiger charge is 2.02. The number of unbranched alkanes of at least 4 members (excludes halogenated alkanes) is 1. The Labute approximate surface area is 90.2 Å². The summed E-state index contributed by atoms with van der Waals surface area (Å²) in [5.41, 5.74) is 0. The van der Waals surface area contributed by atoms with E-state index in [-0.39, 0.29) is 0 Å². The molecule has 14 heavy (non-hydrogen) atoms. The Morgan fingerprint density at radius 2 is 1.71 bits per heavy atom. The summed E-state index contributed by atoms with van der Waals surface area (Å²) in [5.74, 6) is 1.59. The van der Waals surface area contributed by atoms with Crippen molar-refractivity contribution >= 4 is 0 Å². The average molecular weight is 200 g/mol. The van der Waals surface area contributed by atoms with Gasteiger partial charge in [0.2, 0.25) is 0 Å². The van der Waals surface area contributed by atoms with Crippen LogP contribution < -0.4 is 0 Å². The first kappa shape index (κ1) is 14.0. The number of hydrogen-bond donors (Lipinski definition) is 0. The van der Waals surface area contributed by atoms with Crippen molar-refractivity contribution in [2.75, 3.05) is 13.2 Å². The molecule has 0 aromatic rings. The topological polar surface area (TPSA) is 9.23 Å². The van der Waals surface area contributed by atoms with Gasteiger partial charge >= 0.3 is 0 Å². The maximum absolute atomic E-state index is 5.59. The van der Waals surface area contributed by atoms with Crippen LogP contribution in [0.15, 0.2) is 0 Å². The van der Waals surface area contributed by atoms with Gasteiger partial charge in [0, 0.05) is 13.2 Å². The van der Waals surface area contributed by atoms with E-state index in [1.165, 1.54) is 32.1 Å². The lowest BCUT2D eigenvalue weighted by atomic mass is 10.0. The molecule has 1 atom stereocenters. The molecule has 0 spiro atoms. The van der Waals surface area contributed by atoms with E-state index >= 15 is 0 Å². The van der Waals surface area contributed by atoms with Gasteiger partial charge in [-0.25, -0.2) is 0 Å². The number of rotatable bonds is 9. The Bertz CT molecular complexity index is 110. The molecule has 0 saturated carbocycles. The molecular weight excluding hydrogens is 172 g/mol. The first-order valence-corrected chi connectivity index (χ1v) is 6.24. The van der Waals surface area contributed by atoms with E-state index < -0.39 is 0 Å². The lowest BCUT2D eigenvalue weighted by Gasteiger charge is -2.12. The van der Waals surface area contributed by atoms with Crippen molar-refractivity contribution in [3.8, 4) is 0 Å². The SMILES string of the molecule is CCCCOCC(C)CCCC(C)C. The molecule has 0 saturated heterocycles. The van der Waals surface area contributed by atoms with Gasteiger partial charge in [-0.3, -0.25) is 0 Å². The lowest BCUT2D eigenvalue weighted by molar-refractivity contribution is 0.0984. The minimum absolute atomic E-state index is 0.741. The van der Waals surface area contributed by atoms with Gasteiger partial charge in [0.15, 0.2) is 0 Å². The zero-order valence-electron chi connectivity index (χ0n) is 10.5. The van der Waals surface area contributed by atoms with Crippen molar-refractivity contribution in [3.05, 3.63) is 0 Å². The third kappa shape index (κ3) is 10.0. The molecule has 0 aliphatic carbocycles. The largest absolute Gasteiger partial charge is 0.381 e. The second kappa shape index (κ2) is 9.51. The summed E-state index contributed by atoms with van der Waals surface area (Å²) in [4.78, 5) is 0. The summed E-state index contributed by atoms with van der Waals surface area (Å²) < 4.78 is 5.59. The zero-order chi connectivity index (χ0) is 10.8. The van der Waals surface area contributed by atoms with Crippen LogP contribution in [0.5, 0.6) is 0 Å². The first-order valence-electron chi connectivity index (χ1n) is 6.24. The zero-order valence-corrected chi connectivity index (χ0v) is 10.5. The summed E-state index contributed by atoms with van der Waals surface area (Å²) in [6, 6.07) is 0. The first-order chi connectivity index (χ1) is 6.66. The maximum atomic E-state index is 5.59. The van der Waals surface area contributed by atoms with E-state index in [9.17, 15) is 0 Å². The van der Waals surface area contributed by atoms with E-state index in [1.54, 1.807) is 0 Å². The van der Waals surface area contributed by atoms with Gasteiger partial charge in [0.05, 0.1) is 0 Å². The summed E-state index contributed by atoms with van der Waals surface area (Å²) in [5, 5.41) is 0. The quantitative estimate of drug-likeness (QED) is 0.505. The Morgan fingerprint density at radius 1 is 1.00 bits per heavy atom. The molecule has 0 bridgehead atoms. The molecule has 86 valence electrons. The van der Waals surface area contributed by atoms with Gasteiger partial charge in [-0.15, -0.1) is 0 Å². The molecule has 0 heterocycles. The van der Waals surface area contributed by atoms with Gasteiger partial charge in [-0.05, 0) is 24.7 Å². The van der Waals surface area contributed by atoms with Crippen molar-refractivity contribution in [3.63, 3.8) is 0 Å². The van der Waals surface area contributed by atoms with Gasteiger partial charge in [0.25, 0.3) is 0 Å². The van der Waals surface area contributed by atoms with E-state index in [0.717, 1.165) is 25.0 Å². The molecular formula is C13H28O. The van der Waals surface area contributed by atoms with Gasteiger partial charge in [-0.2, -0.15) is 0 Å². The van der Waals surface area contributed by atoms with E-state index in [1.807, 2.05) is 0 Å². The third-order valence-electron chi connectivity index (χ3n) is 2.52.